The highest BCUT2D eigenvalue weighted by Crippen LogP contribution is 2.33. The summed E-state index contributed by atoms with van der Waals surface area (Å²) in [5.41, 5.74) is 8.16. The zero-order chi connectivity index (χ0) is 16.8. The molecule has 0 bridgehead atoms. The number of fused-ring (bicyclic) bond motifs is 1. The van der Waals surface area contributed by atoms with Crippen molar-refractivity contribution in [1.82, 2.24) is 9.78 Å². The molecule has 1 heterocycles. The van der Waals surface area contributed by atoms with Gasteiger partial charge in [0.2, 0.25) is 0 Å². The lowest BCUT2D eigenvalue weighted by molar-refractivity contribution is 0.0996. The Morgan fingerprint density at radius 2 is 1.96 bits per heavy atom. The predicted molar refractivity (Wildman–Crippen MR) is 95.6 cm³/mol. The molecule has 0 aliphatic carbocycles. The first-order chi connectivity index (χ1) is 11.1. The molecule has 2 N–H and O–H groups in total. The molecule has 1 aromatic heterocycles. The number of unbranched alkanes of at least 4 members (excludes halogenated alkanes) is 4. The number of aromatic nitrogens is 2. The minimum atomic E-state index is -0.444. The summed E-state index contributed by atoms with van der Waals surface area (Å²) in [4.78, 5) is 11.8. The van der Waals surface area contributed by atoms with E-state index in [4.69, 9.17) is 5.73 Å². The standard InChI is InChI=1S/C19H29N3O/c1-4-6-7-8-9-11-14(5-2)15-12-10-13-16-17(15)18(19(20)23)21-22(16)3/h10,12-14H,4-9,11H2,1-3H3,(H2,20,23). The SMILES string of the molecule is CCCCCCCC(CC)c1cccc2c1c(C(N)=O)nn2C. The first-order valence-corrected chi connectivity index (χ1v) is 8.85. The number of carbonyl (C=O) groups is 1. The Labute approximate surface area is 139 Å². The largest absolute Gasteiger partial charge is 0.364 e. The van der Waals surface area contributed by atoms with E-state index in [1.54, 1.807) is 4.68 Å². The number of rotatable bonds is 9. The topological polar surface area (TPSA) is 60.9 Å². The van der Waals surface area contributed by atoms with Crippen LogP contribution in [0.4, 0.5) is 0 Å². The van der Waals surface area contributed by atoms with Crippen molar-refractivity contribution in [2.75, 3.05) is 0 Å². The second kappa shape index (κ2) is 8.14. The van der Waals surface area contributed by atoms with Crippen molar-refractivity contribution in [3.63, 3.8) is 0 Å². The van der Waals surface area contributed by atoms with Crippen molar-refractivity contribution in [1.29, 1.82) is 0 Å². The maximum absolute atomic E-state index is 11.8. The highest BCUT2D eigenvalue weighted by atomic mass is 16.1. The molecule has 4 heteroatoms. The summed E-state index contributed by atoms with van der Waals surface area (Å²) in [6.45, 7) is 4.46. The Bertz CT molecular complexity index is 660. The molecule has 0 saturated carbocycles. The molecule has 23 heavy (non-hydrogen) atoms. The van der Waals surface area contributed by atoms with Crippen LogP contribution in [-0.2, 0) is 7.05 Å². The number of nitrogens with two attached hydrogens (primary N) is 1. The van der Waals surface area contributed by atoms with Crippen LogP contribution >= 0.6 is 0 Å². The molecule has 2 rings (SSSR count). The van der Waals surface area contributed by atoms with E-state index in [1.807, 2.05) is 13.1 Å². The number of hydrogen-bond acceptors (Lipinski definition) is 2. The Morgan fingerprint density at radius 1 is 1.22 bits per heavy atom. The number of benzene rings is 1. The third kappa shape index (κ3) is 3.92. The van der Waals surface area contributed by atoms with Crippen LogP contribution in [0.25, 0.3) is 10.9 Å². The summed E-state index contributed by atoms with van der Waals surface area (Å²) in [5, 5.41) is 5.28. The lowest BCUT2D eigenvalue weighted by Crippen LogP contribution is -2.13. The summed E-state index contributed by atoms with van der Waals surface area (Å²) in [6.07, 6.45) is 8.66. The Hall–Kier alpha value is -1.84. The second-order valence-electron chi connectivity index (χ2n) is 6.39. The Balaban J connectivity index is 2.27. The zero-order valence-electron chi connectivity index (χ0n) is 14.6. The zero-order valence-corrected chi connectivity index (χ0v) is 14.6. The Kier molecular flexibility index (Phi) is 6.20. The molecule has 1 aromatic carbocycles. The molecule has 0 aliphatic heterocycles. The van der Waals surface area contributed by atoms with E-state index in [9.17, 15) is 4.79 Å². The van der Waals surface area contributed by atoms with Crippen LogP contribution in [0.3, 0.4) is 0 Å². The molecule has 0 saturated heterocycles. The smallest absolute Gasteiger partial charge is 0.269 e. The van der Waals surface area contributed by atoms with Gasteiger partial charge < -0.3 is 5.73 Å². The third-order valence-corrected chi connectivity index (χ3v) is 4.73. The molecular weight excluding hydrogens is 286 g/mol. The van der Waals surface area contributed by atoms with Crippen LogP contribution in [0, 0.1) is 0 Å². The van der Waals surface area contributed by atoms with Crippen LogP contribution in [-0.4, -0.2) is 15.7 Å². The maximum atomic E-state index is 11.8. The fourth-order valence-electron chi connectivity index (χ4n) is 3.43. The van der Waals surface area contributed by atoms with Crippen molar-refractivity contribution in [3.05, 3.63) is 29.5 Å². The second-order valence-corrected chi connectivity index (χ2v) is 6.39. The molecule has 0 spiro atoms. The van der Waals surface area contributed by atoms with Gasteiger partial charge in [-0.15, -0.1) is 0 Å². The maximum Gasteiger partial charge on any atom is 0.269 e. The predicted octanol–water partition coefficient (Wildman–Crippen LogP) is 4.53. The van der Waals surface area contributed by atoms with Gasteiger partial charge in [0, 0.05) is 12.4 Å². The molecule has 126 valence electrons. The molecule has 1 atom stereocenters. The average Bonchev–Trinajstić information content (AvgIpc) is 2.89. The highest BCUT2D eigenvalue weighted by molar-refractivity contribution is 6.05. The van der Waals surface area contributed by atoms with Gasteiger partial charge in [0.25, 0.3) is 5.91 Å². The van der Waals surface area contributed by atoms with E-state index in [-0.39, 0.29) is 0 Å². The molecule has 1 amide bonds. The van der Waals surface area contributed by atoms with Crippen LogP contribution in [0.1, 0.15) is 80.8 Å². The van der Waals surface area contributed by atoms with Crippen molar-refractivity contribution >= 4 is 16.8 Å². The van der Waals surface area contributed by atoms with Crippen molar-refractivity contribution < 1.29 is 4.79 Å². The summed E-state index contributed by atoms with van der Waals surface area (Å²) in [6, 6.07) is 6.20. The van der Waals surface area contributed by atoms with Gasteiger partial charge in [-0.3, -0.25) is 9.48 Å². The van der Waals surface area contributed by atoms with Gasteiger partial charge in [0.1, 0.15) is 0 Å². The third-order valence-electron chi connectivity index (χ3n) is 4.73. The quantitative estimate of drug-likeness (QED) is 0.691. The molecule has 0 aliphatic rings. The number of primary amides is 1. The fourth-order valence-corrected chi connectivity index (χ4v) is 3.43. The van der Waals surface area contributed by atoms with Crippen LogP contribution in [0.15, 0.2) is 18.2 Å². The lowest BCUT2D eigenvalue weighted by atomic mass is 9.88. The number of amides is 1. The number of aryl methyl sites for hydroxylation is 1. The monoisotopic (exact) mass is 315 g/mol. The molecule has 0 fully saturated rings. The number of carbonyl (C=O) groups excluding carboxylic acids is 1. The minimum Gasteiger partial charge on any atom is -0.364 e. The normalized spacial score (nSPS) is 12.7. The number of hydrogen-bond donors (Lipinski definition) is 1. The summed E-state index contributed by atoms with van der Waals surface area (Å²) < 4.78 is 1.76. The van der Waals surface area contributed by atoms with Gasteiger partial charge >= 0.3 is 0 Å². The average molecular weight is 315 g/mol. The van der Waals surface area contributed by atoms with E-state index in [1.165, 1.54) is 37.7 Å². The van der Waals surface area contributed by atoms with Crippen molar-refractivity contribution in [3.8, 4) is 0 Å². The molecule has 2 aromatic rings. The van der Waals surface area contributed by atoms with Crippen LogP contribution < -0.4 is 5.73 Å². The van der Waals surface area contributed by atoms with E-state index in [0.717, 1.165) is 23.7 Å². The molecular formula is C19H29N3O. The number of nitrogens with zero attached hydrogens (tertiary/aromatic N) is 2. The lowest BCUT2D eigenvalue weighted by Gasteiger charge is -2.17. The summed E-state index contributed by atoms with van der Waals surface area (Å²) in [7, 11) is 1.87. The van der Waals surface area contributed by atoms with Crippen molar-refractivity contribution in [2.24, 2.45) is 12.8 Å². The van der Waals surface area contributed by atoms with E-state index < -0.39 is 5.91 Å². The van der Waals surface area contributed by atoms with Crippen molar-refractivity contribution in [2.45, 2.75) is 64.7 Å². The van der Waals surface area contributed by atoms with E-state index >= 15 is 0 Å². The summed E-state index contributed by atoms with van der Waals surface area (Å²) in [5.74, 6) is 0.0171. The molecule has 0 radical (unpaired) electrons. The van der Waals surface area contributed by atoms with Gasteiger partial charge in [0.05, 0.1) is 5.52 Å². The first-order valence-electron chi connectivity index (χ1n) is 8.85. The van der Waals surface area contributed by atoms with Gasteiger partial charge in [0.15, 0.2) is 5.69 Å². The van der Waals surface area contributed by atoms with Gasteiger partial charge in [-0.05, 0) is 30.4 Å². The van der Waals surface area contributed by atoms with Crippen LogP contribution in [0.2, 0.25) is 0 Å². The molecule has 1 unspecified atom stereocenters. The van der Waals surface area contributed by atoms with Crippen LogP contribution in [0.5, 0.6) is 0 Å². The van der Waals surface area contributed by atoms with E-state index in [0.29, 0.717) is 11.6 Å². The highest BCUT2D eigenvalue weighted by Gasteiger charge is 2.20. The van der Waals surface area contributed by atoms with Gasteiger partial charge in [-0.2, -0.15) is 5.10 Å². The summed E-state index contributed by atoms with van der Waals surface area (Å²) >= 11 is 0. The first kappa shape index (κ1) is 17.5. The minimum absolute atomic E-state index is 0.405. The molecule has 4 nitrogen and oxygen atoms in total. The van der Waals surface area contributed by atoms with Gasteiger partial charge in [-0.25, -0.2) is 0 Å². The Morgan fingerprint density at radius 3 is 2.61 bits per heavy atom. The van der Waals surface area contributed by atoms with E-state index in [2.05, 4.69) is 31.1 Å². The fraction of sp³-hybridized carbons (Fsp3) is 0.579. The van der Waals surface area contributed by atoms with Gasteiger partial charge in [-0.1, -0.05) is 58.1 Å².